The van der Waals surface area contributed by atoms with Crippen LogP contribution in [0.4, 0.5) is 21.6 Å². The van der Waals surface area contributed by atoms with E-state index in [1.807, 2.05) is 0 Å². The Balaban J connectivity index is 2.08. The van der Waals surface area contributed by atoms with Crippen molar-refractivity contribution in [2.24, 2.45) is 0 Å². The van der Waals surface area contributed by atoms with Gasteiger partial charge in [0.05, 0.1) is 10.4 Å². The lowest BCUT2D eigenvalue weighted by atomic mass is 10.2. The summed E-state index contributed by atoms with van der Waals surface area (Å²) >= 11 is 11.7. The molecule has 0 aliphatic carbocycles. The van der Waals surface area contributed by atoms with Crippen LogP contribution in [0.3, 0.4) is 0 Å². The van der Waals surface area contributed by atoms with Crippen LogP contribution >= 0.6 is 23.2 Å². The van der Waals surface area contributed by atoms with Crippen molar-refractivity contribution in [2.45, 2.75) is 0 Å². The quantitative estimate of drug-likeness (QED) is 0.679. The molecule has 20 heavy (non-hydrogen) atoms. The molecular formula is C13H8Cl2FN3O. The van der Waals surface area contributed by atoms with E-state index >= 15 is 0 Å². The van der Waals surface area contributed by atoms with Crippen LogP contribution in [0.5, 0.6) is 0 Å². The maximum atomic E-state index is 13.1. The molecule has 0 spiro atoms. The second-order valence-electron chi connectivity index (χ2n) is 4.07. The Morgan fingerprint density at radius 2 is 2.05 bits per heavy atom. The number of benzene rings is 1. The van der Waals surface area contributed by atoms with E-state index in [-0.39, 0.29) is 16.1 Å². The molecule has 3 aromatic rings. The fraction of sp³-hybridized carbons (Fsp3) is 0. The highest BCUT2D eigenvalue weighted by atomic mass is 35.5. The van der Waals surface area contributed by atoms with Gasteiger partial charge in [-0.15, -0.1) is 0 Å². The number of pyridine rings is 1. The highest BCUT2D eigenvalue weighted by molar-refractivity contribution is 6.34. The Bertz CT molecular complexity index is 804. The Morgan fingerprint density at radius 1 is 1.25 bits per heavy atom. The van der Waals surface area contributed by atoms with Gasteiger partial charge in [0, 0.05) is 11.9 Å². The average molecular weight is 312 g/mol. The molecule has 0 bridgehead atoms. The van der Waals surface area contributed by atoms with Gasteiger partial charge >= 0.3 is 0 Å². The molecule has 2 heterocycles. The third kappa shape index (κ3) is 2.15. The number of hydrogen-bond donors (Lipinski definition) is 2. The highest BCUT2D eigenvalue weighted by Gasteiger charge is 2.15. The van der Waals surface area contributed by atoms with Gasteiger partial charge in [-0.25, -0.2) is 9.37 Å². The zero-order valence-electron chi connectivity index (χ0n) is 9.95. The number of fused-ring (bicyclic) bond motifs is 1. The SMILES string of the molecule is Nc1oc2c(Cl)nccc2c1Nc1ccc(F)c(Cl)c1. The molecule has 0 radical (unpaired) electrons. The first kappa shape index (κ1) is 13.0. The van der Waals surface area contributed by atoms with Crippen LogP contribution in [0.1, 0.15) is 0 Å². The molecule has 3 N–H and O–H groups in total. The summed E-state index contributed by atoms with van der Waals surface area (Å²) < 4.78 is 18.5. The monoisotopic (exact) mass is 311 g/mol. The smallest absolute Gasteiger partial charge is 0.215 e. The van der Waals surface area contributed by atoms with Crippen LogP contribution in [0.25, 0.3) is 11.0 Å². The number of nitrogen functional groups attached to an aromatic ring is 1. The van der Waals surface area contributed by atoms with E-state index in [1.165, 1.54) is 12.1 Å². The Kier molecular flexibility index (Phi) is 3.16. The van der Waals surface area contributed by atoms with Crippen LogP contribution < -0.4 is 11.1 Å². The van der Waals surface area contributed by atoms with Gasteiger partial charge in [-0.1, -0.05) is 23.2 Å². The van der Waals surface area contributed by atoms with Gasteiger partial charge in [0.1, 0.15) is 11.5 Å². The van der Waals surface area contributed by atoms with Crippen molar-refractivity contribution in [3.63, 3.8) is 0 Å². The largest absolute Gasteiger partial charge is 0.435 e. The molecule has 3 rings (SSSR count). The van der Waals surface area contributed by atoms with Crippen LogP contribution in [0.2, 0.25) is 10.2 Å². The van der Waals surface area contributed by atoms with Crippen LogP contribution in [0.15, 0.2) is 34.9 Å². The van der Waals surface area contributed by atoms with Gasteiger partial charge < -0.3 is 15.5 Å². The van der Waals surface area contributed by atoms with Crippen LogP contribution in [-0.2, 0) is 0 Å². The normalized spacial score (nSPS) is 10.9. The Labute approximate surface area is 123 Å². The van der Waals surface area contributed by atoms with Crippen molar-refractivity contribution in [3.05, 3.63) is 46.5 Å². The minimum Gasteiger partial charge on any atom is -0.435 e. The number of furan rings is 1. The predicted molar refractivity (Wildman–Crippen MR) is 78.1 cm³/mol. The van der Waals surface area contributed by atoms with Gasteiger partial charge in [-0.2, -0.15) is 0 Å². The molecule has 0 aliphatic rings. The van der Waals surface area contributed by atoms with Crippen molar-refractivity contribution in [1.82, 2.24) is 4.98 Å². The molecule has 0 saturated heterocycles. The summed E-state index contributed by atoms with van der Waals surface area (Å²) in [6, 6.07) is 5.98. The van der Waals surface area contributed by atoms with E-state index in [4.69, 9.17) is 33.4 Å². The molecule has 102 valence electrons. The van der Waals surface area contributed by atoms with Crippen molar-refractivity contribution < 1.29 is 8.81 Å². The zero-order valence-corrected chi connectivity index (χ0v) is 11.5. The number of anilines is 3. The van der Waals surface area contributed by atoms with Crippen LogP contribution in [0, 0.1) is 5.82 Å². The van der Waals surface area contributed by atoms with E-state index in [0.717, 1.165) is 0 Å². The van der Waals surface area contributed by atoms with Crippen molar-refractivity contribution in [2.75, 3.05) is 11.1 Å². The maximum absolute atomic E-state index is 13.1. The molecule has 0 saturated carbocycles. The summed E-state index contributed by atoms with van der Waals surface area (Å²) in [6.07, 6.45) is 1.54. The van der Waals surface area contributed by atoms with E-state index in [1.54, 1.807) is 18.3 Å². The minimum absolute atomic E-state index is 0.0149. The first-order valence-corrected chi connectivity index (χ1v) is 6.36. The molecule has 2 aromatic heterocycles. The topological polar surface area (TPSA) is 64.1 Å². The minimum atomic E-state index is -0.491. The number of nitrogens with one attached hydrogen (secondary N) is 1. The van der Waals surface area contributed by atoms with Gasteiger partial charge in [0.25, 0.3) is 0 Å². The van der Waals surface area contributed by atoms with E-state index in [0.29, 0.717) is 22.3 Å². The molecule has 1 aromatic carbocycles. The zero-order chi connectivity index (χ0) is 14.3. The maximum Gasteiger partial charge on any atom is 0.215 e. The van der Waals surface area contributed by atoms with Crippen molar-refractivity contribution in [3.8, 4) is 0 Å². The van der Waals surface area contributed by atoms with Gasteiger partial charge in [-0.3, -0.25) is 0 Å². The van der Waals surface area contributed by atoms with Crippen molar-refractivity contribution in [1.29, 1.82) is 0 Å². The number of nitrogens with two attached hydrogens (primary N) is 1. The number of aromatic nitrogens is 1. The van der Waals surface area contributed by atoms with E-state index < -0.39 is 5.82 Å². The lowest BCUT2D eigenvalue weighted by Crippen LogP contribution is -1.94. The summed E-state index contributed by atoms with van der Waals surface area (Å²) in [5.74, 6) is -0.329. The molecule has 7 heteroatoms. The molecule has 0 fully saturated rings. The number of halogens is 3. The van der Waals surface area contributed by atoms with Gasteiger partial charge in [0.15, 0.2) is 10.7 Å². The lowest BCUT2D eigenvalue weighted by Gasteiger charge is -2.06. The summed E-state index contributed by atoms with van der Waals surface area (Å²) in [6.45, 7) is 0. The number of rotatable bonds is 2. The number of nitrogens with zero attached hydrogens (tertiary/aromatic N) is 1. The molecule has 0 unspecified atom stereocenters. The fourth-order valence-corrected chi connectivity index (χ4v) is 2.23. The first-order valence-electron chi connectivity index (χ1n) is 5.61. The average Bonchev–Trinajstić information content (AvgIpc) is 2.73. The number of hydrogen-bond acceptors (Lipinski definition) is 4. The summed E-state index contributed by atoms with van der Waals surface area (Å²) in [4.78, 5) is 3.91. The molecule has 0 atom stereocenters. The predicted octanol–water partition coefficient (Wildman–Crippen LogP) is 4.60. The van der Waals surface area contributed by atoms with Crippen LogP contribution in [-0.4, -0.2) is 4.98 Å². The van der Waals surface area contributed by atoms with Gasteiger partial charge in [0.2, 0.25) is 5.88 Å². The standard InChI is InChI=1S/C13H8Cl2FN3O/c14-8-5-6(1-2-9(8)16)19-10-7-3-4-18-12(15)11(7)20-13(10)17/h1-5,19H,17H2. The van der Waals surface area contributed by atoms with Crippen molar-refractivity contribution >= 4 is 51.4 Å². The third-order valence-electron chi connectivity index (χ3n) is 2.78. The molecule has 0 aliphatic heterocycles. The summed E-state index contributed by atoms with van der Waals surface area (Å²) in [7, 11) is 0. The Morgan fingerprint density at radius 3 is 2.80 bits per heavy atom. The second-order valence-corrected chi connectivity index (χ2v) is 4.84. The second kappa shape index (κ2) is 4.85. The fourth-order valence-electron chi connectivity index (χ4n) is 1.86. The summed E-state index contributed by atoms with van der Waals surface area (Å²) in [5, 5.41) is 3.95. The lowest BCUT2D eigenvalue weighted by molar-refractivity contribution is 0.628. The van der Waals surface area contributed by atoms with E-state index in [2.05, 4.69) is 10.3 Å². The molecule has 0 amide bonds. The van der Waals surface area contributed by atoms with Gasteiger partial charge in [-0.05, 0) is 24.3 Å². The molecular weight excluding hydrogens is 304 g/mol. The summed E-state index contributed by atoms with van der Waals surface area (Å²) in [5.41, 5.74) is 7.32. The molecule has 4 nitrogen and oxygen atoms in total. The highest BCUT2D eigenvalue weighted by Crippen LogP contribution is 2.37. The Hall–Kier alpha value is -1.98. The first-order chi connectivity index (χ1) is 9.56. The third-order valence-corrected chi connectivity index (χ3v) is 3.34. The van der Waals surface area contributed by atoms with E-state index in [9.17, 15) is 4.39 Å².